The summed E-state index contributed by atoms with van der Waals surface area (Å²) >= 11 is 0. The molecule has 0 amide bonds. The van der Waals surface area contributed by atoms with Crippen molar-refractivity contribution in [2.45, 2.75) is 32.6 Å². The van der Waals surface area contributed by atoms with Gasteiger partial charge < -0.3 is 9.47 Å². The van der Waals surface area contributed by atoms with Crippen molar-refractivity contribution in [2.75, 3.05) is 6.61 Å². The second-order valence-electron chi connectivity index (χ2n) is 7.66. The molecule has 3 rings (SSSR count). The van der Waals surface area contributed by atoms with Gasteiger partial charge in [-0.05, 0) is 48.9 Å². The third kappa shape index (κ3) is 6.39. The van der Waals surface area contributed by atoms with Crippen LogP contribution in [0.25, 0.3) is 0 Å². The lowest BCUT2D eigenvalue weighted by Crippen LogP contribution is -2.09. The summed E-state index contributed by atoms with van der Waals surface area (Å²) in [7, 11) is 0. The van der Waals surface area contributed by atoms with E-state index >= 15 is 0 Å². The van der Waals surface area contributed by atoms with E-state index in [1.54, 1.807) is 0 Å². The van der Waals surface area contributed by atoms with E-state index in [0.29, 0.717) is 12.5 Å². The first-order chi connectivity index (χ1) is 17.2. The highest BCUT2D eigenvalue weighted by atomic mass is 19.2. The fourth-order valence-corrected chi connectivity index (χ4v) is 3.08. The Morgan fingerprint density at radius 1 is 0.778 bits per heavy atom. The van der Waals surface area contributed by atoms with E-state index in [9.17, 15) is 31.1 Å². The van der Waals surface area contributed by atoms with Crippen LogP contribution in [0.1, 0.15) is 54.1 Å². The Hall–Kier alpha value is -3.93. The number of carbonyl (C=O) groups excluding carboxylic acids is 1. The highest BCUT2D eigenvalue weighted by Gasteiger charge is 2.26. The monoisotopic (exact) mass is 506 g/mol. The standard InChI is InChI=1S/C27H20F6O3/c1-2-3-4-5-14-35-26-24(32)22(30)19(23(31)25(26)33)12-8-16-6-10-18(11-7-16)36-27(34)17-9-13-20(28)21(29)15-17/h6-7,9-11,13,15H,2-5,14H2,1H3. The van der Waals surface area contributed by atoms with Crippen LogP contribution in [0.4, 0.5) is 26.3 Å². The average Bonchev–Trinajstić information content (AvgIpc) is 2.87. The van der Waals surface area contributed by atoms with Gasteiger partial charge in [0.25, 0.3) is 0 Å². The SMILES string of the molecule is CCCCCCOc1c(F)c(F)c(C#Cc2ccc(OC(=O)c3ccc(F)c(F)c3)cc2)c(F)c1F. The second-order valence-corrected chi connectivity index (χ2v) is 7.66. The molecule has 0 saturated carbocycles. The lowest BCUT2D eigenvalue weighted by atomic mass is 10.1. The number of esters is 1. The van der Waals surface area contributed by atoms with Crippen LogP contribution in [0, 0.1) is 46.7 Å². The highest BCUT2D eigenvalue weighted by molar-refractivity contribution is 5.91. The smallest absolute Gasteiger partial charge is 0.343 e. The molecule has 0 aliphatic carbocycles. The molecule has 188 valence electrons. The maximum absolute atomic E-state index is 14.4. The molecule has 0 spiro atoms. The third-order valence-electron chi connectivity index (χ3n) is 5.02. The molecule has 0 aliphatic rings. The zero-order valence-corrected chi connectivity index (χ0v) is 19.1. The number of ether oxygens (including phenoxy) is 2. The Bertz CT molecular complexity index is 1280. The van der Waals surface area contributed by atoms with Crippen molar-refractivity contribution in [3.63, 3.8) is 0 Å². The van der Waals surface area contributed by atoms with Gasteiger partial charge in [0.15, 0.2) is 29.0 Å². The zero-order chi connectivity index (χ0) is 26.2. The molecule has 36 heavy (non-hydrogen) atoms. The van der Waals surface area contributed by atoms with Crippen LogP contribution in [0.5, 0.6) is 11.5 Å². The summed E-state index contributed by atoms with van der Waals surface area (Å²) in [5.41, 5.74) is -1.14. The fraction of sp³-hybridized carbons (Fsp3) is 0.222. The first-order valence-corrected chi connectivity index (χ1v) is 11.0. The van der Waals surface area contributed by atoms with Crippen molar-refractivity contribution >= 4 is 5.97 Å². The van der Waals surface area contributed by atoms with Crippen LogP contribution >= 0.6 is 0 Å². The second kappa shape index (κ2) is 12.2. The van der Waals surface area contributed by atoms with Gasteiger partial charge in [-0.1, -0.05) is 38.0 Å². The van der Waals surface area contributed by atoms with E-state index in [2.05, 4.69) is 11.8 Å². The zero-order valence-electron chi connectivity index (χ0n) is 19.1. The summed E-state index contributed by atoms with van der Waals surface area (Å²) in [5, 5.41) is 0. The number of benzene rings is 3. The molecule has 0 saturated heterocycles. The van der Waals surface area contributed by atoms with E-state index in [-0.39, 0.29) is 23.5 Å². The van der Waals surface area contributed by atoms with Gasteiger partial charge in [-0.3, -0.25) is 0 Å². The summed E-state index contributed by atoms with van der Waals surface area (Å²) in [6.45, 7) is 1.89. The maximum Gasteiger partial charge on any atom is 0.343 e. The minimum atomic E-state index is -1.68. The third-order valence-corrected chi connectivity index (χ3v) is 5.02. The molecule has 0 radical (unpaired) electrons. The molecule has 3 aromatic carbocycles. The predicted molar refractivity (Wildman–Crippen MR) is 120 cm³/mol. The average molecular weight is 506 g/mol. The van der Waals surface area contributed by atoms with Crippen molar-refractivity contribution in [1.82, 2.24) is 0 Å². The van der Waals surface area contributed by atoms with E-state index < -0.39 is 52.2 Å². The summed E-state index contributed by atoms with van der Waals surface area (Å²) in [6.07, 6.45) is 3.05. The molecule has 0 aliphatic heterocycles. The van der Waals surface area contributed by atoms with Gasteiger partial charge in [0.2, 0.25) is 11.6 Å². The van der Waals surface area contributed by atoms with E-state index in [1.807, 2.05) is 6.92 Å². The van der Waals surface area contributed by atoms with Crippen molar-refractivity contribution in [2.24, 2.45) is 0 Å². The number of carbonyl (C=O) groups is 1. The van der Waals surface area contributed by atoms with Gasteiger partial charge in [0.1, 0.15) is 11.3 Å². The normalized spacial score (nSPS) is 10.5. The maximum atomic E-state index is 14.4. The number of hydrogen-bond donors (Lipinski definition) is 0. The van der Waals surface area contributed by atoms with Gasteiger partial charge in [-0.15, -0.1) is 0 Å². The Morgan fingerprint density at radius 2 is 1.44 bits per heavy atom. The fourth-order valence-electron chi connectivity index (χ4n) is 3.08. The Morgan fingerprint density at radius 3 is 2.06 bits per heavy atom. The molecule has 9 heteroatoms. The van der Waals surface area contributed by atoms with Crippen LogP contribution in [-0.4, -0.2) is 12.6 Å². The van der Waals surface area contributed by atoms with Crippen LogP contribution < -0.4 is 9.47 Å². The predicted octanol–water partition coefficient (Wildman–Crippen LogP) is 7.10. The van der Waals surface area contributed by atoms with E-state index in [4.69, 9.17) is 9.47 Å². The molecular formula is C27H20F6O3. The number of unbranched alkanes of at least 4 members (excludes halogenated alkanes) is 3. The minimum Gasteiger partial charge on any atom is -0.487 e. The van der Waals surface area contributed by atoms with Crippen molar-refractivity contribution < 1.29 is 40.6 Å². The van der Waals surface area contributed by atoms with Gasteiger partial charge in [0.05, 0.1) is 12.2 Å². The van der Waals surface area contributed by atoms with E-state index in [0.717, 1.165) is 31.4 Å². The first kappa shape index (κ1) is 26.7. The highest BCUT2D eigenvalue weighted by Crippen LogP contribution is 2.30. The van der Waals surface area contributed by atoms with Gasteiger partial charge in [-0.25, -0.2) is 22.4 Å². The van der Waals surface area contributed by atoms with Crippen LogP contribution in [-0.2, 0) is 0 Å². The van der Waals surface area contributed by atoms with Gasteiger partial charge in [-0.2, -0.15) is 8.78 Å². The minimum absolute atomic E-state index is 0.0187. The van der Waals surface area contributed by atoms with Crippen molar-refractivity contribution in [3.05, 3.63) is 94.1 Å². The molecule has 3 aromatic rings. The Balaban J connectivity index is 1.73. The van der Waals surface area contributed by atoms with Gasteiger partial charge in [0, 0.05) is 5.56 Å². The Kier molecular flexibility index (Phi) is 9.01. The van der Waals surface area contributed by atoms with Crippen LogP contribution in [0.2, 0.25) is 0 Å². The Labute approximate surface area is 203 Å². The molecular weight excluding hydrogens is 486 g/mol. The number of rotatable bonds is 8. The van der Waals surface area contributed by atoms with E-state index in [1.165, 1.54) is 24.3 Å². The molecule has 0 heterocycles. The molecule has 0 aromatic heterocycles. The molecule has 0 N–H and O–H groups in total. The molecule has 0 atom stereocenters. The quantitative estimate of drug-likeness (QED) is 0.0817. The lowest BCUT2D eigenvalue weighted by Gasteiger charge is -2.11. The largest absolute Gasteiger partial charge is 0.487 e. The molecule has 0 fully saturated rings. The summed E-state index contributed by atoms with van der Waals surface area (Å²) in [5.74, 6) is -6.65. The molecule has 0 bridgehead atoms. The number of halogens is 6. The van der Waals surface area contributed by atoms with Crippen LogP contribution in [0.3, 0.4) is 0 Å². The summed E-state index contributed by atoms with van der Waals surface area (Å²) in [6, 6.07) is 7.71. The van der Waals surface area contributed by atoms with Crippen molar-refractivity contribution in [3.8, 4) is 23.3 Å². The van der Waals surface area contributed by atoms with Crippen LogP contribution in [0.15, 0.2) is 42.5 Å². The summed E-state index contributed by atoms with van der Waals surface area (Å²) in [4.78, 5) is 12.0. The number of hydrogen-bond acceptors (Lipinski definition) is 3. The molecule has 0 unspecified atom stereocenters. The van der Waals surface area contributed by atoms with Gasteiger partial charge >= 0.3 is 5.97 Å². The summed E-state index contributed by atoms with van der Waals surface area (Å²) < 4.78 is 93.6. The van der Waals surface area contributed by atoms with Crippen molar-refractivity contribution in [1.29, 1.82) is 0 Å². The topological polar surface area (TPSA) is 35.5 Å². The first-order valence-electron chi connectivity index (χ1n) is 11.0. The lowest BCUT2D eigenvalue weighted by molar-refractivity contribution is 0.0734. The molecule has 3 nitrogen and oxygen atoms in total.